The van der Waals surface area contributed by atoms with Gasteiger partial charge >= 0.3 is 0 Å². The van der Waals surface area contributed by atoms with Gasteiger partial charge in [0.2, 0.25) is 0 Å². The van der Waals surface area contributed by atoms with Crippen molar-refractivity contribution in [1.29, 1.82) is 0 Å². The highest BCUT2D eigenvalue weighted by atomic mass is 32.1. The van der Waals surface area contributed by atoms with Crippen LogP contribution in [-0.2, 0) is 4.74 Å². The first kappa shape index (κ1) is 10.7. The summed E-state index contributed by atoms with van der Waals surface area (Å²) in [6, 6.07) is 4.55. The van der Waals surface area contributed by atoms with Gasteiger partial charge in [-0.15, -0.1) is 11.3 Å². The van der Waals surface area contributed by atoms with Crippen molar-refractivity contribution in [2.24, 2.45) is 0 Å². The van der Waals surface area contributed by atoms with Crippen molar-refractivity contribution in [2.75, 3.05) is 13.7 Å². The van der Waals surface area contributed by atoms with Crippen LogP contribution in [0.3, 0.4) is 0 Å². The fourth-order valence-electron chi connectivity index (χ4n) is 1.32. The maximum atomic E-state index is 5.33. The molecule has 0 saturated heterocycles. The molecule has 1 N–H and O–H groups in total. The molecule has 2 atom stereocenters. The van der Waals surface area contributed by atoms with Crippen LogP contribution in [0, 0.1) is 0 Å². The zero-order valence-electron chi connectivity index (χ0n) is 8.41. The van der Waals surface area contributed by atoms with Crippen molar-refractivity contribution in [2.45, 2.75) is 26.0 Å². The van der Waals surface area contributed by atoms with Crippen molar-refractivity contribution in [1.82, 2.24) is 5.32 Å². The van der Waals surface area contributed by atoms with Gasteiger partial charge in [0.25, 0.3) is 0 Å². The lowest BCUT2D eigenvalue weighted by Crippen LogP contribution is -2.30. The van der Waals surface area contributed by atoms with Crippen molar-refractivity contribution < 1.29 is 4.74 Å². The second kappa shape index (κ2) is 5.37. The number of hydrogen-bond acceptors (Lipinski definition) is 3. The molecular formula is C10H17NOS. The van der Waals surface area contributed by atoms with Gasteiger partial charge in [-0.25, -0.2) is 0 Å². The Morgan fingerprint density at radius 2 is 2.38 bits per heavy atom. The van der Waals surface area contributed by atoms with E-state index in [9.17, 15) is 0 Å². The molecule has 0 saturated carbocycles. The normalized spacial score (nSPS) is 15.6. The Bertz CT molecular complexity index is 223. The molecule has 2 unspecified atom stereocenters. The molecule has 1 rings (SSSR count). The molecule has 13 heavy (non-hydrogen) atoms. The summed E-state index contributed by atoms with van der Waals surface area (Å²) < 4.78 is 5.33. The molecule has 0 fully saturated rings. The monoisotopic (exact) mass is 199 g/mol. The number of hydrogen-bond donors (Lipinski definition) is 1. The highest BCUT2D eigenvalue weighted by Crippen LogP contribution is 2.23. The van der Waals surface area contributed by atoms with E-state index in [4.69, 9.17) is 4.74 Å². The molecule has 0 aliphatic carbocycles. The summed E-state index contributed by atoms with van der Waals surface area (Å²) in [5, 5.41) is 5.52. The molecule has 0 aliphatic rings. The molecule has 74 valence electrons. The Kier molecular flexibility index (Phi) is 4.42. The van der Waals surface area contributed by atoms with Gasteiger partial charge in [0.15, 0.2) is 0 Å². The Hall–Kier alpha value is -0.380. The van der Waals surface area contributed by atoms with Crippen molar-refractivity contribution in [3.63, 3.8) is 0 Å². The van der Waals surface area contributed by atoms with Crippen LogP contribution < -0.4 is 5.32 Å². The Labute approximate surface area is 83.9 Å². The van der Waals surface area contributed by atoms with Gasteiger partial charge in [0.05, 0.1) is 12.1 Å². The first-order chi connectivity index (χ1) is 6.29. The summed E-state index contributed by atoms with van der Waals surface area (Å²) in [7, 11) is 1.75. The minimum absolute atomic E-state index is 0.221. The van der Waals surface area contributed by atoms with Gasteiger partial charge in [-0.2, -0.15) is 0 Å². The van der Waals surface area contributed by atoms with Crippen LogP contribution in [-0.4, -0.2) is 19.8 Å². The molecule has 0 aromatic carbocycles. The van der Waals surface area contributed by atoms with Crippen LogP contribution in [0.5, 0.6) is 0 Å². The van der Waals surface area contributed by atoms with Gasteiger partial charge in [0, 0.05) is 12.0 Å². The van der Waals surface area contributed by atoms with Crippen LogP contribution in [0.4, 0.5) is 0 Å². The molecule has 1 heterocycles. The molecule has 0 spiro atoms. The predicted molar refractivity (Wildman–Crippen MR) is 57.2 cm³/mol. The lowest BCUT2D eigenvalue weighted by molar-refractivity contribution is 0.0847. The van der Waals surface area contributed by atoms with Crippen LogP contribution in [0.15, 0.2) is 17.5 Å². The van der Waals surface area contributed by atoms with E-state index in [1.165, 1.54) is 4.88 Å². The largest absolute Gasteiger partial charge is 0.380 e. The van der Waals surface area contributed by atoms with E-state index in [-0.39, 0.29) is 6.10 Å². The molecule has 1 aromatic rings. The average molecular weight is 199 g/mol. The number of ether oxygens (including phenoxy) is 1. The molecule has 0 amide bonds. The van der Waals surface area contributed by atoms with Crippen molar-refractivity contribution in [3.05, 3.63) is 22.4 Å². The van der Waals surface area contributed by atoms with Crippen LogP contribution in [0.2, 0.25) is 0 Å². The number of thiophene rings is 1. The second-order valence-electron chi connectivity index (χ2n) is 2.99. The highest BCUT2D eigenvalue weighted by molar-refractivity contribution is 7.10. The van der Waals surface area contributed by atoms with E-state index >= 15 is 0 Å². The predicted octanol–water partition coefficient (Wildman–Crippen LogP) is 2.43. The maximum absolute atomic E-state index is 5.33. The van der Waals surface area contributed by atoms with E-state index in [0.29, 0.717) is 6.04 Å². The summed E-state index contributed by atoms with van der Waals surface area (Å²) in [5.41, 5.74) is 0. The standard InChI is InChI=1S/C10H17NOS/c1-4-11-10(8(2)12-3)9-6-5-7-13-9/h5-8,10-11H,4H2,1-3H3. The zero-order chi connectivity index (χ0) is 9.68. The van der Waals surface area contributed by atoms with Gasteiger partial charge in [-0.05, 0) is 24.9 Å². The first-order valence-corrected chi connectivity index (χ1v) is 5.47. The zero-order valence-corrected chi connectivity index (χ0v) is 9.23. The quantitative estimate of drug-likeness (QED) is 0.786. The highest BCUT2D eigenvalue weighted by Gasteiger charge is 2.18. The van der Waals surface area contributed by atoms with Gasteiger partial charge in [-0.3, -0.25) is 0 Å². The molecule has 0 aliphatic heterocycles. The second-order valence-corrected chi connectivity index (χ2v) is 3.97. The van der Waals surface area contributed by atoms with Crippen molar-refractivity contribution in [3.8, 4) is 0 Å². The summed E-state index contributed by atoms with van der Waals surface area (Å²) >= 11 is 1.77. The molecule has 3 heteroatoms. The summed E-state index contributed by atoms with van der Waals surface area (Å²) in [6.07, 6.45) is 0.221. The number of rotatable bonds is 5. The van der Waals surface area contributed by atoms with E-state index < -0.39 is 0 Å². The van der Waals surface area contributed by atoms with Gasteiger partial charge < -0.3 is 10.1 Å². The third-order valence-electron chi connectivity index (χ3n) is 2.11. The van der Waals surface area contributed by atoms with Crippen LogP contribution in [0.25, 0.3) is 0 Å². The lowest BCUT2D eigenvalue weighted by Gasteiger charge is -2.22. The molecule has 2 nitrogen and oxygen atoms in total. The number of likely N-dealkylation sites (N-methyl/N-ethyl adjacent to an activating group) is 1. The van der Waals surface area contributed by atoms with Crippen LogP contribution >= 0.6 is 11.3 Å². The Morgan fingerprint density at radius 1 is 1.62 bits per heavy atom. The third kappa shape index (κ3) is 2.79. The topological polar surface area (TPSA) is 21.3 Å². The van der Waals surface area contributed by atoms with E-state index in [1.807, 2.05) is 0 Å². The van der Waals surface area contributed by atoms with Gasteiger partial charge in [0.1, 0.15) is 0 Å². The molecular weight excluding hydrogens is 182 g/mol. The minimum atomic E-state index is 0.221. The van der Waals surface area contributed by atoms with Crippen LogP contribution in [0.1, 0.15) is 24.8 Å². The SMILES string of the molecule is CCNC(c1cccs1)C(C)OC. The smallest absolute Gasteiger partial charge is 0.0745 e. The minimum Gasteiger partial charge on any atom is -0.380 e. The average Bonchev–Trinajstić information content (AvgIpc) is 2.65. The molecule has 1 aromatic heterocycles. The number of methoxy groups -OCH3 is 1. The van der Waals surface area contributed by atoms with Gasteiger partial charge in [-0.1, -0.05) is 13.0 Å². The summed E-state index contributed by atoms with van der Waals surface area (Å²) in [5.74, 6) is 0. The first-order valence-electron chi connectivity index (χ1n) is 4.59. The third-order valence-corrected chi connectivity index (χ3v) is 3.07. The van der Waals surface area contributed by atoms with E-state index in [1.54, 1.807) is 18.4 Å². The fraction of sp³-hybridized carbons (Fsp3) is 0.600. The molecule has 0 bridgehead atoms. The Morgan fingerprint density at radius 3 is 2.85 bits per heavy atom. The summed E-state index contributed by atoms with van der Waals surface area (Å²) in [4.78, 5) is 1.34. The summed E-state index contributed by atoms with van der Waals surface area (Å²) in [6.45, 7) is 5.17. The lowest BCUT2D eigenvalue weighted by atomic mass is 10.1. The van der Waals surface area contributed by atoms with E-state index in [0.717, 1.165) is 6.54 Å². The van der Waals surface area contributed by atoms with Crippen molar-refractivity contribution >= 4 is 11.3 Å². The maximum Gasteiger partial charge on any atom is 0.0745 e. The number of nitrogens with one attached hydrogen (secondary N) is 1. The van der Waals surface area contributed by atoms with E-state index in [2.05, 4.69) is 36.7 Å². The Balaban J connectivity index is 2.68. The molecule has 0 radical (unpaired) electrons. The fourth-order valence-corrected chi connectivity index (χ4v) is 2.22.